The molecule has 4 heteroatoms. The maximum atomic E-state index is 11.7. The molecule has 0 aliphatic heterocycles. The molecular weight excluding hydrogens is 254 g/mol. The molecule has 0 unspecified atom stereocenters. The number of nitrogens with one attached hydrogen (secondary N) is 1. The predicted molar refractivity (Wildman–Crippen MR) is 78.0 cm³/mol. The average Bonchev–Trinajstić information content (AvgIpc) is 2.46. The first-order valence-electron chi connectivity index (χ1n) is 7.13. The number of carbonyl (C=O) groups is 2. The van der Waals surface area contributed by atoms with Crippen LogP contribution in [0.3, 0.4) is 0 Å². The quantitative estimate of drug-likeness (QED) is 0.587. The van der Waals surface area contributed by atoms with Gasteiger partial charge < -0.3 is 10.1 Å². The van der Waals surface area contributed by atoms with E-state index in [1.807, 2.05) is 30.3 Å². The fraction of sp³-hybridized carbons (Fsp3) is 0.500. The van der Waals surface area contributed by atoms with E-state index in [0.29, 0.717) is 6.42 Å². The van der Waals surface area contributed by atoms with Gasteiger partial charge in [-0.2, -0.15) is 0 Å². The monoisotopic (exact) mass is 277 g/mol. The van der Waals surface area contributed by atoms with E-state index in [1.54, 1.807) is 6.92 Å². The highest BCUT2D eigenvalue weighted by Crippen LogP contribution is 2.03. The minimum atomic E-state index is -0.604. The van der Waals surface area contributed by atoms with Crippen molar-refractivity contribution in [1.29, 1.82) is 0 Å². The first-order chi connectivity index (χ1) is 9.63. The molecule has 4 nitrogen and oxygen atoms in total. The number of amides is 1. The number of carbonyl (C=O) groups excluding carboxylic acids is 2. The summed E-state index contributed by atoms with van der Waals surface area (Å²) in [7, 11) is 0. The fourth-order valence-electron chi connectivity index (χ4n) is 1.76. The van der Waals surface area contributed by atoms with Gasteiger partial charge in [0, 0.05) is 6.42 Å². The molecule has 1 aromatic rings. The highest BCUT2D eigenvalue weighted by atomic mass is 16.5. The van der Waals surface area contributed by atoms with E-state index in [2.05, 4.69) is 12.2 Å². The second kappa shape index (κ2) is 9.13. The molecule has 1 amide bonds. The van der Waals surface area contributed by atoms with E-state index >= 15 is 0 Å². The molecule has 0 aromatic heterocycles. The van der Waals surface area contributed by atoms with Crippen LogP contribution in [0.2, 0.25) is 0 Å². The Morgan fingerprint density at radius 2 is 1.90 bits per heavy atom. The maximum Gasteiger partial charge on any atom is 0.328 e. The topological polar surface area (TPSA) is 55.4 Å². The largest absolute Gasteiger partial charge is 0.459 e. The molecule has 1 atom stereocenters. The zero-order valence-electron chi connectivity index (χ0n) is 12.2. The van der Waals surface area contributed by atoms with E-state index in [0.717, 1.165) is 24.8 Å². The van der Waals surface area contributed by atoms with Crippen LogP contribution in [0.15, 0.2) is 30.3 Å². The Bertz CT molecular complexity index is 417. The Hall–Kier alpha value is -1.84. The average molecular weight is 277 g/mol. The summed E-state index contributed by atoms with van der Waals surface area (Å²) in [5.74, 6) is -0.500. The van der Waals surface area contributed by atoms with Crippen LogP contribution in [-0.2, 0) is 20.9 Å². The van der Waals surface area contributed by atoms with Gasteiger partial charge in [-0.3, -0.25) is 4.79 Å². The number of hydrogen-bond acceptors (Lipinski definition) is 3. The first-order valence-corrected chi connectivity index (χ1v) is 7.13. The standard InChI is InChI=1S/C16H23NO3/c1-3-4-6-11-15(18)17-13(2)16(19)20-12-14-9-7-5-8-10-14/h5,7-10,13H,3-4,6,11-12H2,1-2H3,(H,17,18)/t13-/m0/s1. The van der Waals surface area contributed by atoms with Crippen molar-refractivity contribution in [2.75, 3.05) is 0 Å². The number of unbranched alkanes of at least 4 members (excludes halogenated alkanes) is 2. The number of esters is 1. The van der Waals surface area contributed by atoms with E-state index in [9.17, 15) is 9.59 Å². The van der Waals surface area contributed by atoms with Crippen molar-refractivity contribution in [1.82, 2.24) is 5.32 Å². The van der Waals surface area contributed by atoms with Gasteiger partial charge in [-0.05, 0) is 18.9 Å². The Balaban J connectivity index is 2.26. The number of rotatable bonds is 8. The molecule has 0 saturated heterocycles. The smallest absolute Gasteiger partial charge is 0.328 e. The van der Waals surface area contributed by atoms with E-state index in [-0.39, 0.29) is 12.5 Å². The van der Waals surface area contributed by atoms with Crippen LogP contribution in [0.4, 0.5) is 0 Å². The Morgan fingerprint density at radius 3 is 2.55 bits per heavy atom. The van der Waals surface area contributed by atoms with Crippen molar-refractivity contribution in [2.45, 2.75) is 52.2 Å². The highest BCUT2D eigenvalue weighted by molar-refractivity contribution is 5.84. The Kier molecular flexibility index (Phi) is 7.40. The summed E-state index contributed by atoms with van der Waals surface area (Å²) < 4.78 is 5.16. The molecule has 1 aromatic carbocycles. The van der Waals surface area contributed by atoms with E-state index in [4.69, 9.17) is 4.74 Å². The molecule has 0 aliphatic rings. The van der Waals surface area contributed by atoms with E-state index < -0.39 is 12.0 Å². The lowest BCUT2D eigenvalue weighted by atomic mass is 10.2. The van der Waals surface area contributed by atoms with Crippen LogP contribution in [0.25, 0.3) is 0 Å². The lowest BCUT2D eigenvalue weighted by Crippen LogP contribution is -2.39. The van der Waals surface area contributed by atoms with Crippen molar-refractivity contribution in [3.05, 3.63) is 35.9 Å². The molecule has 1 N–H and O–H groups in total. The van der Waals surface area contributed by atoms with Gasteiger partial charge in [0.05, 0.1) is 0 Å². The molecule has 20 heavy (non-hydrogen) atoms. The van der Waals surface area contributed by atoms with Crippen molar-refractivity contribution in [2.24, 2.45) is 0 Å². The van der Waals surface area contributed by atoms with Crippen molar-refractivity contribution < 1.29 is 14.3 Å². The normalized spacial score (nSPS) is 11.7. The molecule has 0 heterocycles. The second-order valence-electron chi connectivity index (χ2n) is 4.84. The van der Waals surface area contributed by atoms with Crippen LogP contribution in [0, 0.1) is 0 Å². The third-order valence-corrected chi connectivity index (χ3v) is 2.96. The summed E-state index contributed by atoms with van der Waals surface area (Å²) in [5.41, 5.74) is 0.933. The predicted octanol–water partition coefficient (Wildman–Crippen LogP) is 2.81. The molecule has 0 saturated carbocycles. The van der Waals surface area contributed by atoms with Crippen LogP contribution in [0.5, 0.6) is 0 Å². The summed E-state index contributed by atoms with van der Waals surface area (Å²) in [5, 5.41) is 2.66. The molecule has 1 rings (SSSR count). The number of ether oxygens (including phenoxy) is 1. The fourth-order valence-corrected chi connectivity index (χ4v) is 1.76. The van der Waals surface area contributed by atoms with Gasteiger partial charge in [-0.1, -0.05) is 50.1 Å². The summed E-state index contributed by atoms with van der Waals surface area (Å²) in [6.45, 7) is 3.96. The minimum Gasteiger partial charge on any atom is -0.459 e. The lowest BCUT2D eigenvalue weighted by molar-refractivity contribution is -0.148. The summed E-state index contributed by atoms with van der Waals surface area (Å²) in [4.78, 5) is 23.3. The molecule has 0 spiro atoms. The third-order valence-electron chi connectivity index (χ3n) is 2.96. The second-order valence-corrected chi connectivity index (χ2v) is 4.84. The summed E-state index contributed by atoms with van der Waals surface area (Å²) >= 11 is 0. The minimum absolute atomic E-state index is 0.0948. The first kappa shape index (κ1) is 16.2. The molecule has 0 fully saturated rings. The van der Waals surface area contributed by atoms with Crippen LogP contribution < -0.4 is 5.32 Å². The Morgan fingerprint density at radius 1 is 1.20 bits per heavy atom. The van der Waals surface area contributed by atoms with Crippen LogP contribution in [-0.4, -0.2) is 17.9 Å². The maximum absolute atomic E-state index is 11.7. The van der Waals surface area contributed by atoms with Gasteiger partial charge in [-0.15, -0.1) is 0 Å². The molecule has 110 valence electrons. The summed E-state index contributed by atoms with van der Waals surface area (Å²) in [6.07, 6.45) is 3.42. The Labute approximate surface area is 120 Å². The third kappa shape index (κ3) is 6.36. The highest BCUT2D eigenvalue weighted by Gasteiger charge is 2.16. The zero-order chi connectivity index (χ0) is 14.8. The molecule has 0 bridgehead atoms. The number of benzene rings is 1. The van der Waals surface area contributed by atoms with Crippen LogP contribution in [0.1, 0.15) is 45.1 Å². The van der Waals surface area contributed by atoms with Gasteiger partial charge in [0.25, 0.3) is 0 Å². The summed E-state index contributed by atoms with van der Waals surface area (Å²) in [6, 6.07) is 8.87. The van der Waals surface area contributed by atoms with Crippen molar-refractivity contribution >= 4 is 11.9 Å². The SMILES string of the molecule is CCCCCC(=O)N[C@@H](C)C(=O)OCc1ccccc1. The van der Waals surface area contributed by atoms with E-state index in [1.165, 1.54) is 0 Å². The van der Waals surface area contributed by atoms with Crippen molar-refractivity contribution in [3.8, 4) is 0 Å². The number of hydrogen-bond donors (Lipinski definition) is 1. The molecule has 0 aliphatic carbocycles. The van der Waals surface area contributed by atoms with Gasteiger partial charge in [0.15, 0.2) is 0 Å². The van der Waals surface area contributed by atoms with Crippen molar-refractivity contribution in [3.63, 3.8) is 0 Å². The molecule has 0 radical (unpaired) electrons. The van der Waals surface area contributed by atoms with Crippen LogP contribution >= 0.6 is 0 Å². The van der Waals surface area contributed by atoms with Gasteiger partial charge >= 0.3 is 5.97 Å². The van der Waals surface area contributed by atoms with Gasteiger partial charge in [0.2, 0.25) is 5.91 Å². The molecular formula is C16H23NO3. The van der Waals surface area contributed by atoms with Gasteiger partial charge in [0.1, 0.15) is 12.6 Å². The van der Waals surface area contributed by atoms with Gasteiger partial charge in [-0.25, -0.2) is 4.79 Å². The lowest BCUT2D eigenvalue weighted by Gasteiger charge is -2.13. The zero-order valence-corrected chi connectivity index (χ0v) is 12.2.